The highest BCUT2D eigenvalue weighted by molar-refractivity contribution is 7.89. The van der Waals surface area contributed by atoms with E-state index in [2.05, 4.69) is 5.32 Å². The van der Waals surface area contributed by atoms with Crippen molar-refractivity contribution in [1.82, 2.24) is 9.62 Å². The summed E-state index contributed by atoms with van der Waals surface area (Å²) in [5.41, 5.74) is 0. The van der Waals surface area contributed by atoms with Crippen molar-refractivity contribution in [2.24, 2.45) is 0 Å². The SMILES string of the molecule is CCCCS(=O)(=O)N1CCNCC1C.Cl. The average molecular weight is 257 g/mol. The van der Waals surface area contributed by atoms with E-state index in [1.54, 1.807) is 4.31 Å². The molecule has 1 saturated heterocycles. The van der Waals surface area contributed by atoms with E-state index in [-0.39, 0.29) is 18.4 Å². The number of unbranched alkanes of at least 4 members (excludes halogenated alkanes) is 1. The topological polar surface area (TPSA) is 49.4 Å². The summed E-state index contributed by atoms with van der Waals surface area (Å²) in [4.78, 5) is 0. The van der Waals surface area contributed by atoms with E-state index in [1.807, 2.05) is 13.8 Å². The lowest BCUT2D eigenvalue weighted by atomic mass is 10.3. The van der Waals surface area contributed by atoms with E-state index in [0.717, 1.165) is 25.9 Å². The summed E-state index contributed by atoms with van der Waals surface area (Å²) in [6, 6.07) is 0.102. The van der Waals surface area contributed by atoms with E-state index in [1.165, 1.54) is 0 Å². The van der Waals surface area contributed by atoms with Crippen molar-refractivity contribution < 1.29 is 8.42 Å². The zero-order chi connectivity index (χ0) is 10.6. The Hall–Kier alpha value is 0.160. The molecule has 1 fully saturated rings. The Morgan fingerprint density at radius 1 is 1.47 bits per heavy atom. The standard InChI is InChI=1S/C9H20N2O2S.ClH/c1-3-4-7-14(12,13)11-6-5-10-8-9(11)2;/h9-10H,3-8H2,1-2H3;1H. The van der Waals surface area contributed by atoms with E-state index in [0.29, 0.717) is 12.3 Å². The molecule has 1 N–H and O–H groups in total. The fourth-order valence-corrected chi connectivity index (χ4v) is 3.56. The summed E-state index contributed by atoms with van der Waals surface area (Å²) in [5.74, 6) is 0.299. The largest absolute Gasteiger partial charge is 0.314 e. The maximum atomic E-state index is 11.9. The van der Waals surface area contributed by atoms with Crippen molar-refractivity contribution in [3.8, 4) is 0 Å². The Kier molecular flexibility index (Phi) is 6.75. The average Bonchev–Trinajstić information content (AvgIpc) is 2.15. The van der Waals surface area contributed by atoms with Crippen molar-refractivity contribution >= 4 is 22.4 Å². The van der Waals surface area contributed by atoms with Crippen LogP contribution in [0, 0.1) is 0 Å². The molecular weight excluding hydrogens is 236 g/mol. The van der Waals surface area contributed by atoms with Crippen molar-refractivity contribution in [3.63, 3.8) is 0 Å². The van der Waals surface area contributed by atoms with Crippen molar-refractivity contribution in [1.29, 1.82) is 0 Å². The normalized spacial score (nSPS) is 23.5. The molecule has 4 nitrogen and oxygen atoms in total. The highest BCUT2D eigenvalue weighted by Gasteiger charge is 2.28. The van der Waals surface area contributed by atoms with Crippen LogP contribution in [0.3, 0.4) is 0 Å². The van der Waals surface area contributed by atoms with Gasteiger partial charge in [0.1, 0.15) is 0 Å². The number of halogens is 1. The van der Waals surface area contributed by atoms with Gasteiger partial charge in [0, 0.05) is 25.7 Å². The van der Waals surface area contributed by atoms with Gasteiger partial charge in [0.2, 0.25) is 10.0 Å². The number of hydrogen-bond acceptors (Lipinski definition) is 3. The fraction of sp³-hybridized carbons (Fsp3) is 1.00. The molecule has 0 spiro atoms. The van der Waals surface area contributed by atoms with Gasteiger partial charge in [0.25, 0.3) is 0 Å². The number of sulfonamides is 1. The van der Waals surface area contributed by atoms with Crippen LogP contribution in [0.1, 0.15) is 26.7 Å². The predicted molar refractivity (Wildman–Crippen MR) is 65.0 cm³/mol. The third-order valence-corrected chi connectivity index (χ3v) is 4.62. The summed E-state index contributed by atoms with van der Waals surface area (Å²) in [7, 11) is -3.00. The second kappa shape index (κ2) is 6.68. The minimum absolute atomic E-state index is 0. The molecule has 1 unspecified atom stereocenters. The number of nitrogens with one attached hydrogen (secondary N) is 1. The molecule has 1 aliphatic rings. The van der Waals surface area contributed by atoms with Crippen molar-refractivity contribution in [2.75, 3.05) is 25.4 Å². The maximum absolute atomic E-state index is 11.9. The summed E-state index contributed by atoms with van der Waals surface area (Å²) in [5, 5.41) is 3.19. The lowest BCUT2D eigenvalue weighted by Gasteiger charge is -2.32. The van der Waals surface area contributed by atoms with Gasteiger partial charge in [-0.25, -0.2) is 8.42 Å². The van der Waals surface area contributed by atoms with Crippen LogP contribution in [-0.2, 0) is 10.0 Å². The molecule has 1 aliphatic heterocycles. The number of hydrogen-bond donors (Lipinski definition) is 1. The molecule has 0 amide bonds. The number of nitrogens with zero attached hydrogens (tertiary/aromatic N) is 1. The van der Waals surface area contributed by atoms with E-state index >= 15 is 0 Å². The van der Waals surface area contributed by atoms with Crippen LogP contribution in [0.5, 0.6) is 0 Å². The van der Waals surface area contributed by atoms with Crippen LogP contribution < -0.4 is 5.32 Å². The Labute approximate surface area is 98.9 Å². The molecule has 0 aromatic rings. The molecule has 1 rings (SSSR count). The number of piperazine rings is 1. The summed E-state index contributed by atoms with van der Waals surface area (Å²) in [6.07, 6.45) is 1.69. The molecule has 15 heavy (non-hydrogen) atoms. The van der Waals surface area contributed by atoms with Gasteiger partial charge in [-0.05, 0) is 13.3 Å². The second-order valence-corrected chi connectivity index (χ2v) is 5.87. The van der Waals surface area contributed by atoms with Gasteiger partial charge in [-0.1, -0.05) is 13.3 Å². The molecule has 0 saturated carbocycles. The highest BCUT2D eigenvalue weighted by atomic mass is 35.5. The fourth-order valence-electron chi connectivity index (χ4n) is 1.68. The van der Waals surface area contributed by atoms with Gasteiger partial charge in [0.15, 0.2) is 0 Å². The highest BCUT2D eigenvalue weighted by Crippen LogP contribution is 2.11. The van der Waals surface area contributed by atoms with Crippen molar-refractivity contribution in [3.05, 3.63) is 0 Å². The van der Waals surface area contributed by atoms with Gasteiger partial charge in [0.05, 0.1) is 5.75 Å². The van der Waals surface area contributed by atoms with E-state index in [4.69, 9.17) is 0 Å². The van der Waals surface area contributed by atoms with E-state index < -0.39 is 10.0 Å². The van der Waals surface area contributed by atoms with Crippen LogP contribution in [0.15, 0.2) is 0 Å². The molecule has 92 valence electrons. The molecular formula is C9H21ClN2O2S. The minimum Gasteiger partial charge on any atom is -0.314 e. The molecule has 0 aromatic heterocycles. The second-order valence-electron chi connectivity index (χ2n) is 3.83. The first-order valence-electron chi connectivity index (χ1n) is 5.28. The molecule has 1 atom stereocenters. The molecule has 1 heterocycles. The van der Waals surface area contributed by atoms with Gasteiger partial charge >= 0.3 is 0 Å². The quantitative estimate of drug-likeness (QED) is 0.811. The third-order valence-electron chi connectivity index (χ3n) is 2.55. The molecule has 0 aliphatic carbocycles. The van der Waals surface area contributed by atoms with Crippen LogP contribution in [-0.4, -0.2) is 44.2 Å². The Balaban J connectivity index is 0.00000196. The lowest BCUT2D eigenvalue weighted by Crippen LogP contribution is -2.52. The molecule has 6 heteroatoms. The number of rotatable bonds is 4. The molecule has 0 aromatic carbocycles. The first-order chi connectivity index (χ1) is 6.58. The minimum atomic E-state index is -3.00. The van der Waals surface area contributed by atoms with Gasteiger partial charge < -0.3 is 5.32 Å². The van der Waals surface area contributed by atoms with Crippen molar-refractivity contribution in [2.45, 2.75) is 32.7 Å². The van der Waals surface area contributed by atoms with Crippen LogP contribution in [0.25, 0.3) is 0 Å². The van der Waals surface area contributed by atoms with Crippen LogP contribution in [0.2, 0.25) is 0 Å². The Bertz CT molecular complexity index is 269. The Morgan fingerprint density at radius 3 is 2.67 bits per heavy atom. The van der Waals surface area contributed by atoms with E-state index in [9.17, 15) is 8.42 Å². The molecule has 0 radical (unpaired) electrons. The smallest absolute Gasteiger partial charge is 0.214 e. The summed E-state index contributed by atoms with van der Waals surface area (Å²) >= 11 is 0. The zero-order valence-electron chi connectivity index (χ0n) is 9.40. The van der Waals surface area contributed by atoms with Gasteiger partial charge in [-0.2, -0.15) is 4.31 Å². The molecule has 0 bridgehead atoms. The summed E-state index contributed by atoms with van der Waals surface area (Å²) in [6.45, 7) is 6.13. The first kappa shape index (κ1) is 15.2. The van der Waals surface area contributed by atoms with Crippen LogP contribution in [0.4, 0.5) is 0 Å². The maximum Gasteiger partial charge on any atom is 0.214 e. The predicted octanol–water partition coefficient (Wildman–Crippen LogP) is 0.832. The Morgan fingerprint density at radius 2 is 2.13 bits per heavy atom. The monoisotopic (exact) mass is 256 g/mol. The van der Waals surface area contributed by atoms with Crippen LogP contribution >= 0.6 is 12.4 Å². The first-order valence-corrected chi connectivity index (χ1v) is 6.89. The van der Waals surface area contributed by atoms with Gasteiger partial charge in [-0.15, -0.1) is 12.4 Å². The lowest BCUT2D eigenvalue weighted by molar-refractivity contribution is 0.283. The van der Waals surface area contributed by atoms with Gasteiger partial charge in [-0.3, -0.25) is 0 Å². The summed E-state index contributed by atoms with van der Waals surface area (Å²) < 4.78 is 25.3. The third kappa shape index (κ3) is 4.26. The zero-order valence-corrected chi connectivity index (χ0v) is 11.0.